The van der Waals surface area contributed by atoms with Crippen LogP contribution in [0.3, 0.4) is 0 Å². The zero-order valence-corrected chi connectivity index (χ0v) is 9.44. The van der Waals surface area contributed by atoms with E-state index in [1.807, 2.05) is 32.2 Å². The lowest BCUT2D eigenvalue weighted by Gasteiger charge is -2.05. The Hall–Kier alpha value is -1.81. The fourth-order valence-electron chi connectivity index (χ4n) is 1.57. The Balaban J connectivity index is 2.41. The number of aromatic nitrogens is 3. The fourth-order valence-corrected chi connectivity index (χ4v) is 1.57. The summed E-state index contributed by atoms with van der Waals surface area (Å²) < 4.78 is 0. The highest BCUT2D eigenvalue weighted by Gasteiger charge is 2.03. The molecular formula is C12H14N4. The highest BCUT2D eigenvalue weighted by molar-refractivity contribution is 5.58. The average Bonchev–Trinajstić information content (AvgIpc) is 2.30. The van der Waals surface area contributed by atoms with Crippen molar-refractivity contribution in [2.45, 2.75) is 13.5 Å². The number of rotatable bonds is 3. The Kier molecular flexibility index (Phi) is 3.22. The molecule has 0 amide bonds. The lowest BCUT2D eigenvalue weighted by Crippen LogP contribution is -2.08. The Bertz CT molecular complexity index is 468. The minimum absolute atomic E-state index is 0.751. The van der Waals surface area contributed by atoms with Crippen LogP contribution in [0.4, 0.5) is 0 Å². The van der Waals surface area contributed by atoms with Crippen molar-refractivity contribution in [3.8, 4) is 11.3 Å². The first-order valence-electron chi connectivity index (χ1n) is 5.19. The molecule has 0 aliphatic rings. The van der Waals surface area contributed by atoms with Crippen molar-refractivity contribution in [1.82, 2.24) is 20.3 Å². The van der Waals surface area contributed by atoms with Gasteiger partial charge < -0.3 is 5.32 Å². The van der Waals surface area contributed by atoms with Gasteiger partial charge >= 0.3 is 0 Å². The van der Waals surface area contributed by atoms with E-state index in [4.69, 9.17) is 0 Å². The Morgan fingerprint density at radius 3 is 2.62 bits per heavy atom. The summed E-state index contributed by atoms with van der Waals surface area (Å²) in [4.78, 5) is 12.8. The second-order valence-corrected chi connectivity index (χ2v) is 3.56. The summed E-state index contributed by atoms with van der Waals surface area (Å²) >= 11 is 0. The van der Waals surface area contributed by atoms with Crippen LogP contribution in [-0.2, 0) is 6.54 Å². The van der Waals surface area contributed by atoms with E-state index in [0.29, 0.717) is 0 Å². The first-order chi connectivity index (χ1) is 7.79. The van der Waals surface area contributed by atoms with Gasteiger partial charge in [0, 0.05) is 24.5 Å². The summed E-state index contributed by atoms with van der Waals surface area (Å²) in [5.41, 5.74) is 3.01. The van der Waals surface area contributed by atoms with Crippen LogP contribution in [-0.4, -0.2) is 22.0 Å². The van der Waals surface area contributed by atoms with Gasteiger partial charge in [-0.2, -0.15) is 0 Å². The third kappa shape index (κ3) is 2.41. The van der Waals surface area contributed by atoms with E-state index in [2.05, 4.69) is 20.3 Å². The summed E-state index contributed by atoms with van der Waals surface area (Å²) in [7, 11) is 1.91. The number of hydrogen-bond acceptors (Lipinski definition) is 4. The molecule has 0 bridgehead atoms. The molecule has 2 aromatic heterocycles. The third-order valence-corrected chi connectivity index (χ3v) is 2.22. The first-order valence-corrected chi connectivity index (χ1v) is 5.19. The minimum atomic E-state index is 0.751. The predicted molar refractivity (Wildman–Crippen MR) is 62.8 cm³/mol. The van der Waals surface area contributed by atoms with Gasteiger partial charge in [0.2, 0.25) is 0 Å². The molecule has 2 aromatic rings. The second-order valence-electron chi connectivity index (χ2n) is 3.56. The third-order valence-electron chi connectivity index (χ3n) is 2.22. The Morgan fingerprint density at radius 1 is 1.19 bits per heavy atom. The lowest BCUT2D eigenvalue weighted by atomic mass is 10.1. The molecule has 0 aromatic carbocycles. The standard InChI is InChI=1S/C12H14N4/c1-9-15-11(8-13-2)7-12(16-9)10-3-5-14-6-4-10/h3-7,13H,8H2,1-2H3. The minimum Gasteiger partial charge on any atom is -0.314 e. The molecule has 0 saturated heterocycles. The molecule has 4 nitrogen and oxygen atoms in total. The predicted octanol–water partition coefficient (Wildman–Crippen LogP) is 1.57. The van der Waals surface area contributed by atoms with Crippen molar-refractivity contribution >= 4 is 0 Å². The van der Waals surface area contributed by atoms with E-state index >= 15 is 0 Å². The van der Waals surface area contributed by atoms with Gasteiger partial charge in [0.25, 0.3) is 0 Å². The van der Waals surface area contributed by atoms with Gasteiger partial charge in [-0.3, -0.25) is 4.98 Å². The highest BCUT2D eigenvalue weighted by Crippen LogP contribution is 2.16. The Labute approximate surface area is 94.8 Å². The van der Waals surface area contributed by atoms with Gasteiger partial charge in [-0.1, -0.05) is 0 Å². The molecule has 4 heteroatoms. The van der Waals surface area contributed by atoms with Gasteiger partial charge in [0.1, 0.15) is 5.82 Å². The first kappa shape index (κ1) is 10.7. The second kappa shape index (κ2) is 4.81. The molecule has 0 aliphatic heterocycles. The van der Waals surface area contributed by atoms with Crippen molar-refractivity contribution in [3.05, 3.63) is 42.1 Å². The van der Waals surface area contributed by atoms with E-state index in [0.717, 1.165) is 29.3 Å². The van der Waals surface area contributed by atoms with Crippen LogP contribution in [0.1, 0.15) is 11.5 Å². The van der Waals surface area contributed by atoms with Crippen LogP contribution in [0, 0.1) is 6.92 Å². The van der Waals surface area contributed by atoms with Gasteiger partial charge in [0.05, 0.1) is 11.4 Å². The number of pyridine rings is 1. The van der Waals surface area contributed by atoms with Gasteiger partial charge in [0.15, 0.2) is 0 Å². The summed E-state index contributed by atoms with van der Waals surface area (Å²) in [6.07, 6.45) is 3.54. The molecule has 2 heterocycles. The van der Waals surface area contributed by atoms with Crippen LogP contribution in [0.5, 0.6) is 0 Å². The topological polar surface area (TPSA) is 50.7 Å². The number of nitrogens with one attached hydrogen (secondary N) is 1. The number of nitrogens with zero attached hydrogens (tertiary/aromatic N) is 3. The SMILES string of the molecule is CNCc1cc(-c2ccncc2)nc(C)n1. The summed E-state index contributed by atoms with van der Waals surface area (Å²) in [6.45, 7) is 2.66. The molecule has 0 atom stereocenters. The smallest absolute Gasteiger partial charge is 0.126 e. The molecule has 0 aliphatic carbocycles. The summed E-state index contributed by atoms with van der Waals surface area (Å²) in [5, 5.41) is 3.09. The maximum Gasteiger partial charge on any atom is 0.126 e. The maximum absolute atomic E-state index is 4.42. The van der Waals surface area contributed by atoms with Crippen LogP contribution in [0.15, 0.2) is 30.6 Å². The van der Waals surface area contributed by atoms with E-state index in [1.54, 1.807) is 12.4 Å². The molecule has 0 fully saturated rings. The molecule has 0 radical (unpaired) electrons. The molecule has 82 valence electrons. The quantitative estimate of drug-likeness (QED) is 0.842. The summed E-state index contributed by atoms with van der Waals surface area (Å²) in [6, 6.07) is 5.90. The molecule has 1 N–H and O–H groups in total. The van der Waals surface area contributed by atoms with Crippen LogP contribution >= 0.6 is 0 Å². The van der Waals surface area contributed by atoms with Gasteiger partial charge in [-0.25, -0.2) is 9.97 Å². The number of hydrogen-bond donors (Lipinski definition) is 1. The van der Waals surface area contributed by atoms with Crippen molar-refractivity contribution < 1.29 is 0 Å². The fraction of sp³-hybridized carbons (Fsp3) is 0.250. The maximum atomic E-state index is 4.42. The van der Waals surface area contributed by atoms with Crippen LogP contribution < -0.4 is 5.32 Å². The number of aryl methyl sites for hydroxylation is 1. The Morgan fingerprint density at radius 2 is 1.94 bits per heavy atom. The normalized spacial score (nSPS) is 10.4. The van der Waals surface area contributed by atoms with Crippen LogP contribution in [0.25, 0.3) is 11.3 Å². The van der Waals surface area contributed by atoms with E-state index in [-0.39, 0.29) is 0 Å². The van der Waals surface area contributed by atoms with E-state index in [9.17, 15) is 0 Å². The highest BCUT2D eigenvalue weighted by atomic mass is 14.9. The zero-order chi connectivity index (χ0) is 11.4. The van der Waals surface area contributed by atoms with Crippen molar-refractivity contribution in [2.75, 3.05) is 7.05 Å². The van der Waals surface area contributed by atoms with Gasteiger partial charge in [-0.05, 0) is 32.2 Å². The molecule has 0 saturated carbocycles. The van der Waals surface area contributed by atoms with Crippen molar-refractivity contribution in [1.29, 1.82) is 0 Å². The molecule has 2 rings (SSSR count). The monoisotopic (exact) mass is 214 g/mol. The molecule has 16 heavy (non-hydrogen) atoms. The van der Waals surface area contributed by atoms with Crippen molar-refractivity contribution in [2.24, 2.45) is 0 Å². The van der Waals surface area contributed by atoms with Gasteiger partial charge in [-0.15, -0.1) is 0 Å². The molecular weight excluding hydrogens is 200 g/mol. The summed E-state index contributed by atoms with van der Waals surface area (Å²) in [5.74, 6) is 0.791. The van der Waals surface area contributed by atoms with Crippen molar-refractivity contribution in [3.63, 3.8) is 0 Å². The van der Waals surface area contributed by atoms with E-state index in [1.165, 1.54) is 0 Å². The molecule has 0 spiro atoms. The van der Waals surface area contributed by atoms with E-state index < -0.39 is 0 Å². The zero-order valence-electron chi connectivity index (χ0n) is 9.44. The van der Waals surface area contributed by atoms with Crippen LogP contribution in [0.2, 0.25) is 0 Å². The average molecular weight is 214 g/mol. The largest absolute Gasteiger partial charge is 0.314 e. The lowest BCUT2D eigenvalue weighted by molar-refractivity contribution is 0.779. The molecule has 0 unspecified atom stereocenters.